The number of hydrogen-bond acceptors (Lipinski definition) is 3. The van der Waals surface area contributed by atoms with Crippen LogP contribution < -0.4 is 5.73 Å². The fourth-order valence-corrected chi connectivity index (χ4v) is 1.35. The zero-order chi connectivity index (χ0) is 12.3. The molecule has 1 aromatic rings. The number of nitrogens with zero attached hydrogens (tertiary/aromatic N) is 2. The van der Waals surface area contributed by atoms with Gasteiger partial charge in [-0.15, -0.1) is 0 Å². The molecular weight excluding hydrogens is 210 g/mol. The molecule has 16 heavy (non-hydrogen) atoms. The van der Waals surface area contributed by atoms with Gasteiger partial charge in [-0.3, -0.25) is 14.3 Å². The van der Waals surface area contributed by atoms with Crippen molar-refractivity contribution in [3.63, 3.8) is 0 Å². The van der Waals surface area contributed by atoms with Crippen LogP contribution in [0.15, 0.2) is 12.4 Å². The van der Waals surface area contributed by atoms with Crippen molar-refractivity contribution in [1.29, 1.82) is 0 Å². The number of carbonyl (C=O) groups excluding carboxylic acids is 1. The summed E-state index contributed by atoms with van der Waals surface area (Å²) in [5.41, 5.74) is 4.22. The molecule has 1 unspecified atom stereocenters. The monoisotopic (exact) mass is 225 g/mol. The number of primary amides is 1. The van der Waals surface area contributed by atoms with E-state index in [1.165, 1.54) is 6.92 Å². The minimum absolute atomic E-state index is 0.0532. The van der Waals surface area contributed by atoms with E-state index in [1.54, 1.807) is 17.1 Å². The molecule has 1 heterocycles. The van der Waals surface area contributed by atoms with Gasteiger partial charge >= 0.3 is 5.97 Å². The largest absolute Gasteiger partial charge is 0.480 e. The first-order valence-corrected chi connectivity index (χ1v) is 4.94. The third kappa shape index (κ3) is 2.21. The molecule has 0 saturated carbocycles. The molecular formula is C10H15N3O3. The van der Waals surface area contributed by atoms with Crippen LogP contribution in [0.3, 0.4) is 0 Å². The van der Waals surface area contributed by atoms with Crippen LogP contribution in [0.5, 0.6) is 0 Å². The molecule has 0 bridgehead atoms. The minimum Gasteiger partial charge on any atom is -0.480 e. The van der Waals surface area contributed by atoms with Crippen LogP contribution in [0.2, 0.25) is 0 Å². The lowest BCUT2D eigenvalue weighted by atomic mass is 9.84. The van der Waals surface area contributed by atoms with E-state index < -0.39 is 17.3 Å². The minimum atomic E-state index is -1.58. The van der Waals surface area contributed by atoms with E-state index in [2.05, 4.69) is 5.10 Å². The molecule has 0 aliphatic carbocycles. The molecule has 6 heteroatoms. The van der Waals surface area contributed by atoms with Gasteiger partial charge in [0.05, 0.1) is 6.20 Å². The van der Waals surface area contributed by atoms with Crippen molar-refractivity contribution >= 4 is 11.9 Å². The Morgan fingerprint density at radius 1 is 1.62 bits per heavy atom. The third-order valence-electron chi connectivity index (χ3n) is 2.58. The normalized spacial score (nSPS) is 14.4. The fourth-order valence-electron chi connectivity index (χ4n) is 1.35. The summed E-state index contributed by atoms with van der Waals surface area (Å²) in [6, 6.07) is 0. The van der Waals surface area contributed by atoms with Crippen molar-refractivity contribution in [3.05, 3.63) is 18.0 Å². The molecule has 1 atom stereocenters. The maximum atomic E-state index is 11.2. The van der Waals surface area contributed by atoms with Gasteiger partial charge in [0.2, 0.25) is 5.91 Å². The lowest BCUT2D eigenvalue weighted by Gasteiger charge is -2.19. The second-order valence-electron chi connectivity index (χ2n) is 3.88. The molecule has 6 nitrogen and oxygen atoms in total. The molecule has 1 aromatic heterocycles. The fraction of sp³-hybridized carbons (Fsp3) is 0.500. The van der Waals surface area contributed by atoms with Gasteiger partial charge in [-0.25, -0.2) is 0 Å². The highest BCUT2D eigenvalue weighted by molar-refractivity contribution is 6.00. The summed E-state index contributed by atoms with van der Waals surface area (Å²) in [5, 5.41) is 13.0. The predicted molar refractivity (Wildman–Crippen MR) is 56.5 cm³/mol. The SMILES string of the molecule is CCn1cc(CC(C)(C(N)=O)C(=O)O)cn1. The standard InChI is InChI=1S/C10H15N3O3/c1-3-13-6-7(5-12-13)4-10(2,8(11)14)9(15)16/h5-6H,3-4H2,1-2H3,(H2,11,14)(H,15,16). The Morgan fingerprint density at radius 3 is 2.62 bits per heavy atom. The molecule has 1 rings (SSSR count). The molecule has 1 amide bonds. The van der Waals surface area contributed by atoms with Gasteiger partial charge < -0.3 is 10.8 Å². The Labute approximate surface area is 93.1 Å². The van der Waals surface area contributed by atoms with Crippen LogP contribution >= 0.6 is 0 Å². The second-order valence-corrected chi connectivity index (χ2v) is 3.88. The van der Waals surface area contributed by atoms with Gasteiger partial charge in [0.15, 0.2) is 0 Å². The summed E-state index contributed by atoms with van der Waals surface area (Å²) < 4.78 is 1.67. The van der Waals surface area contributed by atoms with Crippen molar-refractivity contribution in [2.45, 2.75) is 26.8 Å². The number of carboxylic acid groups (broad SMARTS) is 1. The van der Waals surface area contributed by atoms with Gasteiger partial charge in [-0.1, -0.05) is 0 Å². The van der Waals surface area contributed by atoms with Crippen LogP contribution in [0.25, 0.3) is 0 Å². The summed E-state index contributed by atoms with van der Waals surface area (Å²) in [5.74, 6) is -2.06. The zero-order valence-corrected chi connectivity index (χ0v) is 9.30. The number of amides is 1. The quantitative estimate of drug-likeness (QED) is 0.690. The van der Waals surface area contributed by atoms with E-state index in [-0.39, 0.29) is 6.42 Å². The molecule has 0 spiro atoms. The Bertz CT molecular complexity index is 397. The maximum absolute atomic E-state index is 11.2. The first kappa shape index (κ1) is 12.2. The van der Waals surface area contributed by atoms with Gasteiger partial charge in [-0.2, -0.15) is 5.10 Å². The molecule has 0 fully saturated rings. The van der Waals surface area contributed by atoms with Gasteiger partial charge in [0.25, 0.3) is 0 Å². The molecule has 0 saturated heterocycles. The highest BCUT2D eigenvalue weighted by atomic mass is 16.4. The van der Waals surface area contributed by atoms with E-state index >= 15 is 0 Å². The number of nitrogens with two attached hydrogens (primary N) is 1. The smallest absolute Gasteiger partial charge is 0.319 e. The average molecular weight is 225 g/mol. The van der Waals surface area contributed by atoms with Gasteiger partial charge in [-0.05, 0) is 19.4 Å². The van der Waals surface area contributed by atoms with E-state index in [4.69, 9.17) is 10.8 Å². The second kappa shape index (κ2) is 4.34. The van der Waals surface area contributed by atoms with E-state index in [0.29, 0.717) is 12.1 Å². The van der Waals surface area contributed by atoms with Gasteiger partial charge in [0, 0.05) is 19.2 Å². The molecule has 3 N–H and O–H groups in total. The Morgan fingerprint density at radius 2 is 2.25 bits per heavy atom. The zero-order valence-electron chi connectivity index (χ0n) is 9.30. The summed E-state index contributed by atoms with van der Waals surface area (Å²) in [6.07, 6.45) is 3.31. The van der Waals surface area contributed by atoms with Crippen LogP contribution in [0.1, 0.15) is 19.4 Å². The van der Waals surface area contributed by atoms with Crippen LogP contribution in [-0.2, 0) is 22.6 Å². The molecule has 88 valence electrons. The molecule has 0 radical (unpaired) electrons. The number of aryl methyl sites for hydroxylation is 1. The van der Waals surface area contributed by atoms with Crippen molar-refractivity contribution in [2.75, 3.05) is 0 Å². The number of carbonyl (C=O) groups is 2. The lowest BCUT2D eigenvalue weighted by Crippen LogP contribution is -2.43. The number of aliphatic carboxylic acids is 1. The molecule has 0 aliphatic rings. The summed E-state index contributed by atoms with van der Waals surface area (Å²) in [6.45, 7) is 3.93. The maximum Gasteiger partial charge on any atom is 0.319 e. The van der Waals surface area contributed by atoms with E-state index in [1.807, 2.05) is 6.92 Å². The van der Waals surface area contributed by atoms with Crippen LogP contribution in [-0.4, -0.2) is 26.8 Å². The van der Waals surface area contributed by atoms with Gasteiger partial charge in [0.1, 0.15) is 5.41 Å². The topological polar surface area (TPSA) is 98.2 Å². The molecule has 0 aliphatic heterocycles. The molecule has 0 aromatic carbocycles. The highest BCUT2D eigenvalue weighted by Gasteiger charge is 2.40. The predicted octanol–water partition coefficient (Wildman–Crippen LogP) is 0.0217. The van der Waals surface area contributed by atoms with Crippen molar-refractivity contribution in [2.24, 2.45) is 11.1 Å². The highest BCUT2D eigenvalue weighted by Crippen LogP contribution is 2.22. The average Bonchev–Trinajstić information content (AvgIpc) is 2.64. The van der Waals surface area contributed by atoms with E-state index in [9.17, 15) is 9.59 Å². The third-order valence-corrected chi connectivity index (χ3v) is 2.58. The Kier molecular flexibility index (Phi) is 3.31. The Balaban J connectivity index is 2.92. The number of aromatic nitrogens is 2. The lowest BCUT2D eigenvalue weighted by molar-refractivity contribution is -0.153. The van der Waals surface area contributed by atoms with Crippen LogP contribution in [0.4, 0.5) is 0 Å². The first-order chi connectivity index (χ1) is 7.40. The number of carboxylic acids is 1. The number of rotatable bonds is 5. The van der Waals surface area contributed by atoms with Crippen molar-refractivity contribution in [3.8, 4) is 0 Å². The summed E-state index contributed by atoms with van der Waals surface area (Å²) in [7, 11) is 0. The number of hydrogen-bond donors (Lipinski definition) is 2. The summed E-state index contributed by atoms with van der Waals surface area (Å²) in [4.78, 5) is 22.2. The summed E-state index contributed by atoms with van der Waals surface area (Å²) >= 11 is 0. The van der Waals surface area contributed by atoms with Crippen molar-refractivity contribution < 1.29 is 14.7 Å². The first-order valence-electron chi connectivity index (χ1n) is 4.94. The van der Waals surface area contributed by atoms with Crippen LogP contribution in [0, 0.1) is 5.41 Å². The van der Waals surface area contributed by atoms with E-state index in [0.717, 1.165) is 0 Å². The van der Waals surface area contributed by atoms with Crippen molar-refractivity contribution in [1.82, 2.24) is 9.78 Å². The Hall–Kier alpha value is -1.85.